The van der Waals surface area contributed by atoms with E-state index in [9.17, 15) is 14.7 Å². The summed E-state index contributed by atoms with van der Waals surface area (Å²) in [6.45, 7) is 5.93. The summed E-state index contributed by atoms with van der Waals surface area (Å²) in [5.74, 6) is 1.30. The van der Waals surface area contributed by atoms with E-state index >= 15 is 0 Å². The maximum Gasteiger partial charge on any atom is 0.327 e. The number of aliphatic carboxylic acids is 1. The van der Waals surface area contributed by atoms with Crippen molar-refractivity contribution in [3.63, 3.8) is 0 Å². The molecule has 2 saturated heterocycles. The number of rotatable bonds is 3. The van der Waals surface area contributed by atoms with Gasteiger partial charge < -0.3 is 10.0 Å². The fourth-order valence-electron chi connectivity index (χ4n) is 3.37. The highest BCUT2D eigenvalue weighted by Gasteiger charge is 2.49. The van der Waals surface area contributed by atoms with E-state index in [1.165, 1.54) is 0 Å². The molecule has 1 aliphatic carbocycles. The molecular weight excluding hydrogens is 288 g/mol. The molecule has 118 valence electrons. The minimum Gasteiger partial charge on any atom is -0.480 e. The summed E-state index contributed by atoms with van der Waals surface area (Å²) in [5.41, 5.74) is 0. The molecule has 0 aromatic heterocycles. The third-order valence-corrected chi connectivity index (χ3v) is 6.47. The molecule has 0 bridgehead atoms. The molecule has 0 aromatic carbocycles. The Morgan fingerprint density at radius 2 is 1.95 bits per heavy atom. The highest BCUT2D eigenvalue weighted by atomic mass is 32.2. The minimum absolute atomic E-state index is 0.0487. The van der Waals surface area contributed by atoms with Crippen molar-refractivity contribution in [3.8, 4) is 0 Å². The molecule has 3 fully saturated rings. The van der Waals surface area contributed by atoms with Crippen molar-refractivity contribution in [2.75, 3.05) is 18.8 Å². The number of carbonyl (C=O) groups excluding carboxylic acids is 1. The van der Waals surface area contributed by atoms with E-state index in [-0.39, 0.29) is 11.4 Å². The van der Waals surface area contributed by atoms with Crippen LogP contribution in [0.2, 0.25) is 0 Å². The van der Waals surface area contributed by atoms with Crippen LogP contribution in [-0.4, -0.2) is 57.2 Å². The van der Waals surface area contributed by atoms with E-state index in [2.05, 4.69) is 13.8 Å². The van der Waals surface area contributed by atoms with Gasteiger partial charge in [0.15, 0.2) is 0 Å². The van der Waals surface area contributed by atoms with Crippen molar-refractivity contribution in [1.29, 1.82) is 0 Å². The molecule has 3 aliphatic rings. The third kappa shape index (κ3) is 2.87. The highest BCUT2D eigenvalue weighted by molar-refractivity contribution is 8.00. The standard InChI is InChI=1S/C15H24N2O3S/c1-9(2)11-5-6-16(7-11)15(20)17-12(14(18)19)8-21-13(17)10-3-4-10/h9-13H,3-8H2,1-2H3,(H,18,19). The number of urea groups is 1. The lowest BCUT2D eigenvalue weighted by Gasteiger charge is -2.31. The van der Waals surface area contributed by atoms with Crippen LogP contribution < -0.4 is 0 Å². The molecule has 0 radical (unpaired) electrons. The Bertz CT molecular complexity index is 439. The number of hydrogen-bond acceptors (Lipinski definition) is 3. The van der Waals surface area contributed by atoms with Gasteiger partial charge in [0.05, 0.1) is 5.37 Å². The summed E-state index contributed by atoms with van der Waals surface area (Å²) >= 11 is 1.65. The predicted octanol–water partition coefficient (Wildman–Crippen LogP) is 2.32. The first-order valence-corrected chi connectivity index (χ1v) is 8.95. The second-order valence-corrected chi connectivity index (χ2v) is 7.99. The number of hydrogen-bond donors (Lipinski definition) is 1. The largest absolute Gasteiger partial charge is 0.480 e. The molecule has 0 spiro atoms. The topological polar surface area (TPSA) is 60.9 Å². The van der Waals surface area contributed by atoms with Gasteiger partial charge in [-0.3, -0.25) is 4.90 Å². The summed E-state index contributed by atoms with van der Waals surface area (Å²) in [6, 6.07) is -0.696. The Labute approximate surface area is 130 Å². The van der Waals surface area contributed by atoms with Gasteiger partial charge in [0.25, 0.3) is 0 Å². The van der Waals surface area contributed by atoms with Gasteiger partial charge in [-0.25, -0.2) is 9.59 Å². The van der Waals surface area contributed by atoms with E-state index < -0.39 is 12.0 Å². The van der Waals surface area contributed by atoms with Crippen molar-refractivity contribution in [2.45, 2.75) is 44.5 Å². The lowest BCUT2D eigenvalue weighted by Crippen LogP contribution is -2.51. The first-order valence-electron chi connectivity index (χ1n) is 7.90. The molecular formula is C15H24N2O3S. The van der Waals surface area contributed by atoms with Gasteiger partial charge in [0.1, 0.15) is 6.04 Å². The SMILES string of the molecule is CC(C)C1CCN(C(=O)N2C(C(=O)O)CSC2C2CC2)C1. The van der Waals surface area contributed by atoms with Crippen LogP contribution in [0.4, 0.5) is 4.79 Å². The zero-order chi connectivity index (χ0) is 15.1. The van der Waals surface area contributed by atoms with Crippen LogP contribution in [0.25, 0.3) is 0 Å². The molecule has 0 aromatic rings. The summed E-state index contributed by atoms with van der Waals surface area (Å²) < 4.78 is 0. The van der Waals surface area contributed by atoms with Crippen LogP contribution in [0.3, 0.4) is 0 Å². The van der Waals surface area contributed by atoms with E-state index in [0.29, 0.717) is 23.5 Å². The Balaban J connectivity index is 1.72. The Morgan fingerprint density at radius 3 is 2.48 bits per heavy atom. The fourth-order valence-corrected chi connectivity index (χ4v) is 5.00. The van der Waals surface area contributed by atoms with Gasteiger partial charge in [0, 0.05) is 18.8 Å². The van der Waals surface area contributed by atoms with Crippen LogP contribution in [0, 0.1) is 17.8 Å². The van der Waals surface area contributed by atoms with E-state index in [1.807, 2.05) is 4.90 Å². The molecule has 3 atom stereocenters. The number of likely N-dealkylation sites (tertiary alicyclic amines) is 1. The summed E-state index contributed by atoms with van der Waals surface area (Å²) in [7, 11) is 0. The lowest BCUT2D eigenvalue weighted by atomic mass is 9.95. The van der Waals surface area contributed by atoms with Crippen molar-refractivity contribution < 1.29 is 14.7 Å². The number of carboxylic acids is 1. The molecule has 2 amide bonds. The molecule has 3 rings (SSSR count). The van der Waals surface area contributed by atoms with Crippen molar-refractivity contribution in [1.82, 2.24) is 9.80 Å². The first kappa shape index (κ1) is 15.0. The smallest absolute Gasteiger partial charge is 0.327 e. The van der Waals surface area contributed by atoms with Crippen LogP contribution in [0.5, 0.6) is 0 Å². The molecule has 21 heavy (non-hydrogen) atoms. The Morgan fingerprint density at radius 1 is 1.24 bits per heavy atom. The first-order chi connectivity index (χ1) is 9.99. The predicted molar refractivity (Wildman–Crippen MR) is 82.1 cm³/mol. The number of amides is 2. The number of nitrogens with zero attached hydrogens (tertiary/aromatic N) is 2. The maximum absolute atomic E-state index is 12.8. The van der Waals surface area contributed by atoms with Crippen LogP contribution in [-0.2, 0) is 4.79 Å². The average molecular weight is 312 g/mol. The monoisotopic (exact) mass is 312 g/mol. The maximum atomic E-state index is 12.8. The van der Waals surface area contributed by atoms with Crippen LogP contribution in [0.15, 0.2) is 0 Å². The van der Waals surface area contributed by atoms with Crippen molar-refractivity contribution >= 4 is 23.8 Å². The van der Waals surface area contributed by atoms with Crippen LogP contribution >= 0.6 is 11.8 Å². The molecule has 2 aliphatic heterocycles. The average Bonchev–Trinajstić information content (AvgIpc) is 3.01. The van der Waals surface area contributed by atoms with Crippen molar-refractivity contribution in [2.24, 2.45) is 17.8 Å². The van der Waals surface area contributed by atoms with Gasteiger partial charge in [0.2, 0.25) is 0 Å². The number of carboxylic acid groups (broad SMARTS) is 1. The van der Waals surface area contributed by atoms with E-state index in [4.69, 9.17) is 0 Å². The summed E-state index contributed by atoms with van der Waals surface area (Å²) in [4.78, 5) is 27.9. The third-order valence-electron chi connectivity index (χ3n) is 5.00. The second-order valence-electron chi connectivity index (χ2n) is 6.84. The lowest BCUT2D eigenvalue weighted by molar-refractivity contribution is -0.141. The van der Waals surface area contributed by atoms with E-state index in [1.54, 1.807) is 16.7 Å². The molecule has 2 heterocycles. The minimum atomic E-state index is -0.862. The fraction of sp³-hybridized carbons (Fsp3) is 0.867. The molecule has 1 saturated carbocycles. The second kappa shape index (κ2) is 5.71. The molecule has 1 N–H and O–H groups in total. The quantitative estimate of drug-likeness (QED) is 0.869. The number of carbonyl (C=O) groups is 2. The Hall–Kier alpha value is -0.910. The zero-order valence-electron chi connectivity index (χ0n) is 12.7. The zero-order valence-corrected chi connectivity index (χ0v) is 13.5. The molecule has 3 unspecified atom stereocenters. The van der Waals surface area contributed by atoms with Crippen LogP contribution in [0.1, 0.15) is 33.1 Å². The Kier molecular flexibility index (Phi) is 4.08. The normalized spacial score (nSPS) is 33.0. The highest BCUT2D eigenvalue weighted by Crippen LogP contribution is 2.46. The molecule has 5 nitrogen and oxygen atoms in total. The summed E-state index contributed by atoms with van der Waals surface area (Å²) in [6.07, 6.45) is 3.29. The van der Waals surface area contributed by atoms with Gasteiger partial charge in [-0.15, -0.1) is 11.8 Å². The van der Waals surface area contributed by atoms with Crippen molar-refractivity contribution in [3.05, 3.63) is 0 Å². The summed E-state index contributed by atoms with van der Waals surface area (Å²) in [5, 5.41) is 9.49. The van der Waals surface area contributed by atoms with Gasteiger partial charge in [-0.05, 0) is 37.0 Å². The molecule has 6 heteroatoms. The number of thioether (sulfide) groups is 1. The van der Waals surface area contributed by atoms with E-state index in [0.717, 1.165) is 32.4 Å². The van der Waals surface area contributed by atoms with Gasteiger partial charge in [-0.1, -0.05) is 13.8 Å². The van der Waals surface area contributed by atoms with Gasteiger partial charge >= 0.3 is 12.0 Å². The van der Waals surface area contributed by atoms with Gasteiger partial charge in [-0.2, -0.15) is 0 Å².